The van der Waals surface area contributed by atoms with Crippen molar-refractivity contribution in [2.75, 3.05) is 12.4 Å². The van der Waals surface area contributed by atoms with Gasteiger partial charge in [0.1, 0.15) is 6.61 Å². The Morgan fingerprint density at radius 2 is 1.76 bits per heavy atom. The number of anilines is 1. The summed E-state index contributed by atoms with van der Waals surface area (Å²) < 4.78 is 13.1. The molecule has 3 aromatic carbocycles. The number of hydrogen-bond acceptors (Lipinski definition) is 3. The Balaban J connectivity index is 1.69. The number of rotatable bonds is 7. The van der Waals surface area contributed by atoms with Gasteiger partial charge in [-0.25, -0.2) is 0 Å². The Labute approximate surface area is 186 Å². The molecule has 148 valence electrons. The summed E-state index contributed by atoms with van der Waals surface area (Å²) in [6.07, 6.45) is 3.20. The average Bonchev–Trinajstić information content (AvgIpc) is 2.73. The van der Waals surface area contributed by atoms with Crippen molar-refractivity contribution in [1.82, 2.24) is 0 Å². The van der Waals surface area contributed by atoms with Crippen LogP contribution in [-0.2, 0) is 11.4 Å². The second-order valence-electron chi connectivity index (χ2n) is 6.14. The highest BCUT2D eigenvalue weighted by atomic mass is 79.9. The number of methoxy groups -OCH3 is 1. The molecule has 29 heavy (non-hydrogen) atoms. The third-order valence-electron chi connectivity index (χ3n) is 4.02. The van der Waals surface area contributed by atoms with E-state index in [0.717, 1.165) is 25.8 Å². The molecule has 0 fully saturated rings. The minimum atomic E-state index is -0.216. The predicted molar refractivity (Wildman–Crippen MR) is 123 cm³/mol. The molecule has 3 aromatic rings. The highest BCUT2D eigenvalue weighted by Gasteiger charge is 2.11. The largest absolute Gasteiger partial charge is 0.493 e. The lowest BCUT2D eigenvalue weighted by Crippen LogP contribution is -2.07. The molecular formula is C23H19Br2NO3. The van der Waals surface area contributed by atoms with Crippen LogP contribution in [0.4, 0.5) is 5.69 Å². The van der Waals surface area contributed by atoms with E-state index >= 15 is 0 Å². The quantitative estimate of drug-likeness (QED) is 0.367. The Morgan fingerprint density at radius 3 is 2.45 bits per heavy atom. The SMILES string of the molecule is COc1cc(C=CC(=O)Nc2ccc(Br)cc2)cc(Br)c1OCc1ccccc1. The smallest absolute Gasteiger partial charge is 0.248 e. The third kappa shape index (κ3) is 6.21. The standard InChI is InChI=1S/C23H19Br2NO3/c1-28-21-14-17(7-12-22(27)26-19-10-8-18(24)9-11-19)13-20(25)23(21)29-15-16-5-3-2-4-6-16/h2-14H,15H2,1H3,(H,26,27). The van der Waals surface area contributed by atoms with Crippen molar-refractivity contribution < 1.29 is 14.3 Å². The molecule has 0 saturated carbocycles. The maximum atomic E-state index is 12.2. The first kappa shape index (κ1) is 21.1. The molecule has 0 unspecified atom stereocenters. The Hall–Kier alpha value is -2.57. The first-order chi connectivity index (χ1) is 14.0. The van der Waals surface area contributed by atoms with Crippen molar-refractivity contribution in [1.29, 1.82) is 0 Å². The Kier molecular flexibility index (Phi) is 7.49. The van der Waals surface area contributed by atoms with Gasteiger partial charge >= 0.3 is 0 Å². The number of benzene rings is 3. The van der Waals surface area contributed by atoms with E-state index in [9.17, 15) is 4.79 Å². The molecule has 3 rings (SSSR count). The minimum absolute atomic E-state index is 0.216. The maximum Gasteiger partial charge on any atom is 0.248 e. The Bertz CT molecular complexity index is 1000. The summed E-state index contributed by atoms with van der Waals surface area (Å²) in [6, 6.07) is 21.0. The highest BCUT2D eigenvalue weighted by Crippen LogP contribution is 2.37. The van der Waals surface area contributed by atoms with Gasteiger partial charge < -0.3 is 14.8 Å². The molecule has 0 radical (unpaired) electrons. The predicted octanol–water partition coefficient (Wildman–Crippen LogP) is 6.45. The van der Waals surface area contributed by atoms with Gasteiger partial charge in [-0.1, -0.05) is 46.3 Å². The second-order valence-corrected chi connectivity index (χ2v) is 7.91. The van der Waals surface area contributed by atoms with Crippen LogP contribution >= 0.6 is 31.9 Å². The third-order valence-corrected chi connectivity index (χ3v) is 5.13. The molecule has 1 N–H and O–H groups in total. The number of halogens is 2. The van der Waals surface area contributed by atoms with E-state index in [-0.39, 0.29) is 5.91 Å². The summed E-state index contributed by atoms with van der Waals surface area (Å²) in [6.45, 7) is 0.431. The fraction of sp³-hybridized carbons (Fsp3) is 0.0870. The molecule has 0 atom stereocenters. The van der Waals surface area contributed by atoms with Crippen LogP contribution in [0.1, 0.15) is 11.1 Å². The number of carbonyl (C=O) groups is 1. The van der Waals surface area contributed by atoms with E-state index in [0.29, 0.717) is 18.1 Å². The van der Waals surface area contributed by atoms with Crippen molar-refractivity contribution in [2.45, 2.75) is 6.61 Å². The molecule has 0 aliphatic rings. The average molecular weight is 517 g/mol. The summed E-state index contributed by atoms with van der Waals surface area (Å²) in [5.41, 5.74) is 2.60. The lowest BCUT2D eigenvalue weighted by molar-refractivity contribution is -0.111. The fourth-order valence-electron chi connectivity index (χ4n) is 2.59. The van der Waals surface area contributed by atoms with Gasteiger partial charge in [-0.15, -0.1) is 0 Å². The van der Waals surface area contributed by atoms with E-state index in [4.69, 9.17) is 9.47 Å². The van der Waals surface area contributed by atoms with Gasteiger partial charge in [0.05, 0.1) is 11.6 Å². The summed E-state index contributed by atoms with van der Waals surface area (Å²) in [4.78, 5) is 12.2. The van der Waals surface area contributed by atoms with Crippen molar-refractivity contribution in [3.8, 4) is 11.5 Å². The molecule has 6 heteroatoms. The summed E-state index contributed by atoms with van der Waals surface area (Å²) in [7, 11) is 1.59. The maximum absolute atomic E-state index is 12.2. The van der Waals surface area contributed by atoms with Gasteiger partial charge in [-0.05, 0) is 69.5 Å². The van der Waals surface area contributed by atoms with E-state index in [1.165, 1.54) is 6.08 Å². The molecular weight excluding hydrogens is 498 g/mol. The molecule has 0 spiro atoms. The van der Waals surface area contributed by atoms with Crippen molar-refractivity contribution in [3.63, 3.8) is 0 Å². The molecule has 0 aromatic heterocycles. The summed E-state index contributed by atoms with van der Waals surface area (Å²) >= 11 is 6.91. The van der Waals surface area contributed by atoms with Crippen LogP contribution in [0.5, 0.6) is 11.5 Å². The van der Waals surface area contributed by atoms with Gasteiger partial charge in [-0.2, -0.15) is 0 Å². The first-order valence-electron chi connectivity index (χ1n) is 8.84. The summed E-state index contributed by atoms with van der Waals surface area (Å²) in [5, 5.41) is 2.82. The number of carbonyl (C=O) groups excluding carboxylic acids is 1. The van der Waals surface area contributed by atoms with E-state index in [1.807, 2.05) is 66.7 Å². The molecule has 0 bridgehead atoms. The van der Waals surface area contributed by atoms with Crippen LogP contribution in [0.15, 0.2) is 81.8 Å². The molecule has 0 aliphatic heterocycles. The lowest BCUT2D eigenvalue weighted by Gasteiger charge is -2.13. The number of ether oxygens (including phenoxy) is 2. The van der Waals surface area contributed by atoms with Crippen molar-refractivity contribution >= 4 is 49.5 Å². The van der Waals surface area contributed by atoms with Gasteiger partial charge in [-0.3, -0.25) is 4.79 Å². The van der Waals surface area contributed by atoms with E-state index in [1.54, 1.807) is 13.2 Å². The van der Waals surface area contributed by atoms with Crippen molar-refractivity contribution in [2.24, 2.45) is 0 Å². The Morgan fingerprint density at radius 1 is 1.03 bits per heavy atom. The van der Waals surface area contributed by atoms with Gasteiger partial charge in [0.2, 0.25) is 5.91 Å². The van der Waals surface area contributed by atoms with Crippen LogP contribution in [0.3, 0.4) is 0 Å². The molecule has 0 heterocycles. The monoisotopic (exact) mass is 515 g/mol. The fourth-order valence-corrected chi connectivity index (χ4v) is 3.43. The lowest BCUT2D eigenvalue weighted by atomic mass is 10.2. The topological polar surface area (TPSA) is 47.6 Å². The van der Waals surface area contributed by atoms with Crippen LogP contribution < -0.4 is 14.8 Å². The number of hydrogen-bond donors (Lipinski definition) is 1. The molecule has 0 aliphatic carbocycles. The van der Waals surface area contributed by atoms with Crippen LogP contribution in [-0.4, -0.2) is 13.0 Å². The summed E-state index contributed by atoms with van der Waals surface area (Å²) in [5.74, 6) is 0.989. The number of nitrogens with one attached hydrogen (secondary N) is 1. The second kappa shape index (κ2) is 10.3. The minimum Gasteiger partial charge on any atom is -0.493 e. The van der Waals surface area contributed by atoms with Crippen molar-refractivity contribution in [3.05, 3.63) is 92.9 Å². The highest BCUT2D eigenvalue weighted by molar-refractivity contribution is 9.10. The van der Waals surface area contributed by atoms with Crippen LogP contribution in [0, 0.1) is 0 Å². The van der Waals surface area contributed by atoms with E-state index in [2.05, 4.69) is 37.2 Å². The van der Waals surface area contributed by atoms with E-state index < -0.39 is 0 Å². The van der Waals surface area contributed by atoms with Gasteiger partial charge in [0, 0.05) is 16.2 Å². The van der Waals surface area contributed by atoms with Gasteiger partial charge in [0.15, 0.2) is 11.5 Å². The first-order valence-corrected chi connectivity index (χ1v) is 10.4. The zero-order valence-electron chi connectivity index (χ0n) is 15.7. The molecule has 1 amide bonds. The van der Waals surface area contributed by atoms with Crippen LogP contribution in [0.2, 0.25) is 0 Å². The zero-order chi connectivity index (χ0) is 20.6. The van der Waals surface area contributed by atoms with Gasteiger partial charge in [0.25, 0.3) is 0 Å². The normalized spacial score (nSPS) is 10.7. The zero-order valence-corrected chi connectivity index (χ0v) is 18.9. The molecule has 4 nitrogen and oxygen atoms in total. The number of amides is 1. The molecule has 0 saturated heterocycles. The van der Waals surface area contributed by atoms with Crippen LogP contribution in [0.25, 0.3) is 6.08 Å².